The molecule has 1 atom stereocenters. The maximum absolute atomic E-state index is 5.74. The molecule has 0 aliphatic carbocycles. The van der Waals surface area contributed by atoms with Crippen LogP contribution in [0.25, 0.3) is 5.65 Å². The monoisotopic (exact) mass is 280 g/mol. The van der Waals surface area contributed by atoms with Gasteiger partial charge in [-0.15, -0.1) is 0 Å². The van der Waals surface area contributed by atoms with Gasteiger partial charge in [-0.05, 0) is 47.3 Å². The summed E-state index contributed by atoms with van der Waals surface area (Å²) in [5.41, 5.74) is 2.03. The van der Waals surface area contributed by atoms with Crippen LogP contribution in [0.3, 0.4) is 0 Å². The molecule has 2 aromatic rings. The predicted octanol–water partition coefficient (Wildman–Crippen LogP) is 3.34. The Labute approximate surface area is 103 Å². The average Bonchev–Trinajstić information content (AvgIpc) is 2.73. The first-order valence-corrected chi connectivity index (χ1v) is 6.38. The van der Waals surface area contributed by atoms with Crippen LogP contribution in [-0.2, 0) is 4.74 Å². The van der Waals surface area contributed by atoms with E-state index in [0.717, 1.165) is 28.8 Å². The van der Waals surface area contributed by atoms with Crippen molar-refractivity contribution in [1.29, 1.82) is 0 Å². The molecule has 1 aliphatic heterocycles. The molecule has 1 fully saturated rings. The second kappa shape index (κ2) is 4.18. The first-order valence-electron chi connectivity index (χ1n) is 5.59. The van der Waals surface area contributed by atoms with E-state index in [-0.39, 0.29) is 6.10 Å². The fourth-order valence-corrected chi connectivity index (χ4v) is 2.47. The molecule has 2 aromatic heterocycles. The zero-order valence-electron chi connectivity index (χ0n) is 8.90. The van der Waals surface area contributed by atoms with E-state index in [1.54, 1.807) is 0 Å². The largest absolute Gasteiger partial charge is 0.372 e. The number of hydrogen-bond donors (Lipinski definition) is 0. The van der Waals surface area contributed by atoms with E-state index in [9.17, 15) is 0 Å². The Morgan fingerprint density at radius 1 is 1.31 bits per heavy atom. The lowest BCUT2D eigenvalue weighted by atomic mass is 10.1. The SMILES string of the molecule is Brc1ccc2nc(C3CCCCO3)cn2c1. The summed E-state index contributed by atoms with van der Waals surface area (Å²) >= 11 is 3.46. The third kappa shape index (κ3) is 1.87. The molecular formula is C12H13BrN2O. The second-order valence-corrected chi connectivity index (χ2v) is 5.05. The minimum absolute atomic E-state index is 0.187. The molecule has 0 saturated carbocycles. The molecular weight excluding hydrogens is 268 g/mol. The number of aromatic nitrogens is 2. The number of rotatable bonds is 1. The fraction of sp³-hybridized carbons (Fsp3) is 0.417. The quantitative estimate of drug-likeness (QED) is 0.801. The van der Waals surface area contributed by atoms with Gasteiger partial charge >= 0.3 is 0 Å². The van der Waals surface area contributed by atoms with Crippen LogP contribution < -0.4 is 0 Å². The van der Waals surface area contributed by atoms with Crippen molar-refractivity contribution in [1.82, 2.24) is 9.38 Å². The summed E-state index contributed by atoms with van der Waals surface area (Å²) in [5.74, 6) is 0. The Morgan fingerprint density at radius 3 is 3.06 bits per heavy atom. The Kier molecular flexibility index (Phi) is 2.69. The minimum atomic E-state index is 0.187. The summed E-state index contributed by atoms with van der Waals surface area (Å²) < 4.78 is 8.84. The Hall–Kier alpha value is -0.870. The molecule has 0 bridgehead atoms. The standard InChI is InChI=1S/C12H13BrN2O/c13-9-4-5-12-14-10(8-15(12)7-9)11-3-1-2-6-16-11/h4-5,7-8,11H,1-3,6H2. The summed E-state index contributed by atoms with van der Waals surface area (Å²) in [7, 11) is 0. The van der Waals surface area contributed by atoms with Gasteiger partial charge in [-0.2, -0.15) is 0 Å². The number of pyridine rings is 1. The van der Waals surface area contributed by atoms with E-state index in [0.29, 0.717) is 0 Å². The zero-order valence-corrected chi connectivity index (χ0v) is 10.5. The highest BCUT2D eigenvalue weighted by Crippen LogP contribution is 2.27. The van der Waals surface area contributed by atoms with E-state index < -0.39 is 0 Å². The molecule has 1 unspecified atom stereocenters. The Morgan fingerprint density at radius 2 is 2.25 bits per heavy atom. The van der Waals surface area contributed by atoms with Crippen molar-refractivity contribution in [3.05, 3.63) is 34.7 Å². The van der Waals surface area contributed by atoms with Gasteiger partial charge in [0.2, 0.25) is 0 Å². The van der Waals surface area contributed by atoms with E-state index in [4.69, 9.17) is 4.74 Å². The number of imidazole rings is 1. The number of hydrogen-bond acceptors (Lipinski definition) is 2. The van der Waals surface area contributed by atoms with Crippen molar-refractivity contribution in [3.63, 3.8) is 0 Å². The van der Waals surface area contributed by atoms with Crippen LogP contribution in [0.15, 0.2) is 29.0 Å². The van der Waals surface area contributed by atoms with Gasteiger partial charge in [0.05, 0.1) is 5.69 Å². The Balaban J connectivity index is 1.97. The molecule has 0 spiro atoms. The predicted molar refractivity (Wildman–Crippen MR) is 65.4 cm³/mol. The number of ether oxygens (including phenoxy) is 1. The van der Waals surface area contributed by atoms with Gasteiger partial charge in [0.25, 0.3) is 0 Å². The molecule has 84 valence electrons. The van der Waals surface area contributed by atoms with Crippen molar-refractivity contribution >= 4 is 21.6 Å². The lowest BCUT2D eigenvalue weighted by Crippen LogP contribution is -2.11. The summed E-state index contributed by atoms with van der Waals surface area (Å²) in [6, 6.07) is 4.02. The van der Waals surface area contributed by atoms with E-state index in [1.165, 1.54) is 12.8 Å². The topological polar surface area (TPSA) is 26.5 Å². The van der Waals surface area contributed by atoms with Gasteiger partial charge in [0.15, 0.2) is 0 Å². The van der Waals surface area contributed by atoms with Crippen LogP contribution in [-0.4, -0.2) is 16.0 Å². The van der Waals surface area contributed by atoms with Crippen LogP contribution in [0.4, 0.5) is 0 Å². The lowest BCUT2D eigenvalue weighted by Gasteiger charge is -2.20. The number of nitrogens with zero attached hydrogens (tertiary/aromatic N) is 2. The van der Waals surface area contributed by atoms with E-state index in [2.05, 4.69) is 27.1 Å². The third-order valence-electron chi connectivity index (χ3n) is 2.94. The van der Waals surface area contributed by atoms with Crippen molar-refractivity contribution in [2.24, 2.45) is 0 Å². The van der Waals surface area contributed by atoms with Crippen LogP contribution in [0.2, 0.25) is 0 Å². The van der Waals surface area contributed by atoms with Crippen molar-refractivity contribution in [3.8, 4) is 0 Å². The zero-order chi connectivity index (χ0) is 11.0. The maximum atomic E-state index is 5.74. The summed E-state index contributed by atoms with van der Waals surface area (Å²) in [5, 5.41) is 0. The molecule has 4 heteroatoms. The van der Waals surface area contributed by atoms with Crippen LogP contribution in [0.5, 0.6) is 0 Å². The molecule has 1 aliphatic rings. The Bertz CT molecular complexity index is 503. The molecule has 0 aromatic carbocycles. The second-order valence-electron chi connectivity index (χ2n) is 4.13. The maximum Gasteiger partial charge on any atom is 0.137 e. The smallest absolute Gasteiger partial charge is 0.137 e. The summed E-state index contributed by atoms with van der Waals surface area (Å²) in [6.45, 7) is 0.863. The highest BCUT2D eigenvalue weighted by Gasteiger charge is 2.18. The van der Waals surface area contributed by atoms with E-state index in [1.807, 2.05) is 22.7 Å². The third-order valence-corrected chi connectivity index (χ3v) is 3.41. The summed E-state index contributed by atoms with van der Waals surface area (Å²) in [6.07, 6.45) is 7.78. The van der Waals surface area contributed by atoms with Gasteiger partial charge in [0, 0.05) is 23.5 Å². The molecule has 0 N–H and O–H groups in total. The van der Waals surface area contributed by atoms with E-state index >= 15 is 0 Å². The highest BCUT2D eigenvalue weighted by atomic mass is 79.9. The highest BCUT2D eigenvalue weighted by molar-refractivity contribution is 9.10. The van der Waals surface area contributed by atoms with Gasteiger partial charge in [-0.1, -0.05) is 0 Å². The molecule has 16 heavy (non-hydrogen) atoms. The average molecular weight is 281 g/mol. The van der Waals surface area contributed by atoms with Crippen LogP contribution >= 0.6 is 15.9 Å². The number of halogens is 1. The normalized spacial score (nSPS) is 21.4. The molecule has 0 amide bonds. The van der Waals surface area contributed by atoms with Crippen molar-refractivity contribution in [2.75, 3.05) is 6.61 Å². The first-order chi connectivity index (χ1) is 7.83. The van der Waals surface area contributed by atoms with Gasteiger partial charge < -0.3 is 9.14 Å². The molecule has 3 heterocycles. The minimum Gasteiger partial charge on any atom is -0.372 e. The molecule has 1 saturated heterocycles. The summed E-state index contributed by atoms with van der Waals surface area (Å²) in [4.78, 5) is 4.59. The fourth-order valence-electron chi connectivity index (χ4n) is 2.11. The first kappa shape index (κ1) is 10.3. The van der Waals surface area contributed by atoms with Crippen molar-refractivity contribution in [2.45, 2.75) is 25.4 Å². The van der Waals surface area contributed by atoms with Gasteiger partial charge in [-0.25, -0.2) is 4.98 Å². The molecule has 3 rings (SSSR count). The lowest BCUT2D eigenvalue weighted by molar-refractivity contribution is 0.0126. The van der Waals surface area contributed by atoms with Crippen LogP contribution in [0, 0.1) is 0 Å². The number of fused-ring (bicyclic) bond motifs is 1. The molecule has 3 nitrogen and oxygen atoms in total. The van der Waals surface area contributed by atoms with Crippen LogP contribution in [0.1, 0.15) is 31.1 Å². The van der Waals surface area contributed by atoms with Crippen molar-refractivity contribution < 1.29 is 4.74 Å². The molecule has 0 radical (unpaired) electrons. The van der Waals surface area contributed by atoms with Gasteiger partial charge in [0.1, 0.15) is 11.8 Å². The van der Waals surface area contributed by atoms with Gasteiger partial charge in [-0.3, -0.25) is 0 Å².